The van der Waals surface area contributed by atoms with Gasteiger partial charge in [0.25, 0.3) is 0 Å². The summed E-state index contributed by atoms with van der Waals surface area (Å²) in [6.45, 7) is 2.18. The number of hydrogen-bond acceptors (Lipinski definition) is 4. The normalized spacial score (nSPS) is 16.2. The van der Waals surface area contributed by atoms with Gasteiger partial charge in [0.2, 0.25) is 5.91 Å². The maximum absolute atomic E-state index is 13.6. The standard InChI is InChI=1S/C18H16F2N2OS2/c1-10-2-4-12-13(8-21)18(25-16(12)6-10)22-17(23)9-24-15-5-3-11(19)7-14(15)20/h3,5,7,10H,2,4,6,9H2,1H3,(H,22,23)/t10-/m0/s1. The Morgan fingerprint density at radius 2 is 2.28 bits per heavy atom. The predicted molar refractivity (Wildman–Crippen MR) is 95.9 cm³/mol. The third kappa shape index (κ3) is 4.02. The third-order valence-electron chi connectivity index (χ3n) is 4.13. The number of nitrogens with one attached hydrogen (secondary N) is 1. The molecule has 1 aliphatic rings. The molecule has 0 spiro atoms. The molecule has 0 saturated carbocycles. The minimum absolute atomic E-state index is 0.00755. The van der Waals surface area contributed by atoms with E-state index in [0.717, 1.165) is 48.7 Å². The van der Waals surface area contributed by atoms with E-state index in [2.05, 4.69) is 18.3 Å². The van der Waals surface area contributed by atoms with Crippen LogP contribution in [0.1, 0.15) is 29.3 Å². The lowest BCUT2D eigenvalue weighted by Crippen LogP contribution is -2.14. The summed E-state index contributed by atoms with van der Waals surface area (Å²) in [5, 5.41) is 12.8. The number of thioether (sulfide) groups is 1. The van der Waals surface area contributed by atoms with E-state index < -0.39 is 11.6 Å². The van der Waals surface area contributed by atoms with Gasteiger partial charge < -0.3 is 5.32 Å². The molecular formula is C18H16F2N2OS2. The number of thiophene rings is 1. The lowest BCUT2D eigenvalue weighted by atomic mass is 9.89. The molecule has 0 unspecified atom stereocenters. The molecule has 25 heavy (non-hydrogen) atoms. The van der Waals surface area contributed by atoms with Gasteiger partial charge in [0.05, 0.1) is 11.3 Å². The molecule has 1 N–H and O–H groups in total. The van der Waals surface area contributed by atoms with Gasteiger partial charge >= 0.3 is 0 Å². The number of halogens is 2. The average molecular weight is 378 g/mol. The summed E-state index contributed by atoms with van der Waals surface area (Å²) in [5.74, 6) is -1.07. The maximum Gasteiger partial charge on any atom is 0.235 e. The molecule has 3 rings (SSSR count). The van der Waals surface area contributed by atoms with E-state index in [-0.39, 0.29) is 16.6 Å². The summed E-state index contributed by atoms with van der Waals surface area (Å²) >= 11 is 2.46. The van der Waals surface area contributed by atoms with Crippen LogP contribution in [0.4, 0.5) is 13.8 Å². The van der Waals surface area contributed by atoms with Crippen molar-refractivity contribution in [1.29, 1.82) is 5.26 Å². The van der Waals surface area contributed by atoms with E-state index in [1.54, 1.807) is 0 Å². The molecule has 1 aromatic heterocycles. The summed E-state index contributed by atoms with van der Waals surface area (Å²) in [5.41, 5.74) is 1.61. The molecule has 0 fully saturated rings. The first kappa shape index (κ1) is 17.9. The Balaban J connectivity index is 1.68. The number of rotatable bonds is 4. The number of amides is 1. The Kier molecular flexibility index (Phi) is 5.40. The smallest absolute Gasteiger partial charge is 0.235 e. The fourth-order valence-electron chi connectivity index (χ4n) is 2.86. The number of anilines is 1. The zero-order chi connectivity index (χ0) is 18.0. The third-order valence-corrected chi connectivity index (χ3v) is 6.35. The molecule has 1 atom stereocenters. The Labute approximate surface area is 153 Å². The molecule has 1 aromatic carbocycles. The van der Waals surface area contributed by atoms with Gasteiger partial charge in [-0.3, -0.25) is 4.79 Å². The highest BCUT2D eigenvalue weighted by Crippen LogP contribution is 2.39. The van der Waals surface area contributed by atoms with Gasteiger partial charge in [0, 0.05) is 15.8 Å². The van der Waals surface area contributed by atoms with Crippen molar-refractivity contribution >= 4 is 34.0 Å². The highest BCUT2D eigenvalue weighted by atomic mass is 32.2. The maximum atomic E-state index is 13.6. The van der Waals surface area contributed by atoms with Crippen LogP contribution < -0.4 is 5.32 Å². The highest BCUT2D eigenvalue weighted by Gasteiger charge is 2.24. The summed E-state index contributed by atoms with van der Waals surface area (Å²) in [6, 6.07) is 5.47. The van der Waals surface area contributed by atoms with E-state index in [1.165, 1.54) is 22.3 Å². The van der Waals surface area contributed by atoms with Crippen molar-refractivity contribution in [3.05, 3.63) is 45.8 Å². The van der Waals surface area contributed by atoms with Crippen molar-refractivity contribution in [2.75, 3.05) is 11.1 Å². The number of carbonyl (C=O) groups is 1. The fourth-order valence-corrected chi connectivity index (χ4v) is 4.95. The minimum atomic E-state index is -0.684. The van der Waals surface area contributed by atoms with Gasteiger partial charge in [-0.15, -0.1) is 23.1 Å². The van der Waals surface area contributed by atoms with Crippen LogP contribution in [-0.4, -0.2) is 11.7 Å². The molecule has 1 amide bonds. The van der Waals surface area contributed by atoms with E-state index in [9.17, 15) is 18.8 Å². The lowest BCUT2D eigenvalue weighted by molar-refractivity contribution is -0.113. The second-order valence-corrected chi connectivity index (χ2v) is 8.20. The molecule has 1 heterocycles. The first-order chi connectivity index (χ1) is 12.0. The summed E-state index contributed by atoms with van der Waals surface area (Å²) in [7, 11) is 0. The molecule has 130 valence electrons. The van der Waals surface area contributed by atoms with Gasteiger partial charge in [0.15, 0.2) is 0 Å². The summed E-state index contributed by atoms with van der Waals surface area (Å²) in [6.07, 6.45) is 2.84. The number of hydrogen-bond donors (Lipinski definition) is 1. The van der Waals surface area contributed by atoms with Crippen LogP contribution in [0, 0.1) is 28.9 Å². The van der Waals surface area contributed by atoms with Crippen LogP contribution in [-0.2, 0) is 17.6 Å². The van der Waals surface area contributed by atoms with Gasteiger partial charge in [0.1, 0.15) is 22.7 Å². The first-order valence-corrected chi connectivity index (χ1v) is 9.70. The monoisotopic (exact) mass is 378 g/mol. The van der Waals surface area contributed by atoms with E-state index in [1.807, 2.05) is 0 Å². The molecule has 2 aromatic rings. The van der Waals surface area contributed by atoms with Crippen LogP contribution in [0.25, 0.3) is 0 Å². The first-order valence-electron chi connectivity index (χ1n) is 7.90. The van der Waals surface area contributed by atoms with Gasteiger partial charge in [-0.1, -0.05) is 6.92 Å². The molecule has 0 bridgehead atoms. The topological polar surface area (TPSA) is 52.9 Å². The number of nitrogens with zero attached hydrogens (tertiary/aromatic N) is 1. The second-order valence-electron chi connectivity index (χ2n) is 6.08. The van der Waals surface area contributed by atoms with Crippen molar-refractivity contribution in [3.63, 3.8) is 0 Å². The van der Waals surface area contributed by atoms with Crippen LogP contribution >= 0.6 is 23.1 Å². The molecular weight excluding hydrogens is 362 g/mol. The average Bonchev–Trinajstić information content (AvgIpc) is 2.89. The Morgan fingerprint density at radius 3 is 3.00 bits per heavy atom. The fraction of sp³-hybridized carbons (Fsp3) is 0.333. The van der Waals surface area contributed by atoms with E-state index >= 15 is 0 Å². The SMILES string of the molecule is C[C@H]1CCc2c(sc(NC(=O)CSc3ccc(F)cc3F)c2C#N)C1. The van der Waals surface area contributed by atoms with Gasteiger partial charge in [-0.2, -0.15) is 5.26 Å². The quantitative estimate of drug-likeness (QED) is 0.781. The molecule has 0 radical (unpaired) electrons. The minimum Gasteiger partial charge on any atom is -0.316 e. The second kappa shape index (κ2) is 7.54. The molecule has 0 aliphatic heterocycles. The lowest BCUT2D eigenvalue weighted by Gasteiger charge is -2.17. The summed E-state index contributed by atoms with van der Waals surface area (Å²) in [4.78, 5) is 13.6. The largest absolute Gasteiger partial charge is 0.316 e. The highest BCUT2D eigenvalue weighted by molar-refractivity contribution is 8.00. The zero-order valence-corrected chi connectivity index (χ0v) is 15.2. The van der Waals surface area contributed by atoms with Crippen molar-refractivity contribution < 1.29 is 13.6 Å². The van der Waals surface area contributed by atoms with Crippen LogP contribution in [0.15, 0.2) is 23.1 Å². The van der Waals surface area contributed by atoms with Gasteiger partial charge in [-0.25, -0.2) is 8.78 Å². The van der Waals surface area contributed by atoms with Crippen LogP contribution in [0.2, 0.25) is 0 Å². The van der Waals surface area contributed by atoms with Gasteiger partial charge in [-0.05, 0) is 42.9 Å². The predicted octanol–water partition coefficient (Wildman–Crippen LogP) is 4.75. The van der Waals surface area contributed by atoms with Crippen molar-refractivity contribution in [2.45, 2.75) is 31.1 Å². The Morgan fingerprint density at radius 1 is 1.48 bits per heavy atom. The van der Waals surface area contributed by atoms with Crippen molar-refractivity contribution in [2.24, 2.45) is 5.92 Å². The van der Waals surface area contributed by atoms with Crippen LogP contribution in [0.5, 0.6) is 0 Å². The van der Waals surface area contributed by atoms with Crippen molar-refractivity contribution in [3.8, 4) is 6.07 Å². The molecule has 1 aliphatic carbocycles. The zero-order valence-electron chi connectivity index (χ0n) is 13.6. The van der Waals surface area contributed by atoms with E-state index in [0.29, 0.717) is 16.5 Å². The van der Waals surface area contributed by atoms with Crippen molar-refractivity contribution in [1.82, 2.24) is 0 Å². The Hall–Kier alpha value is -1.91. The van der Waals surface area contributed by atoms with Crippen LogP contribution in [0.3, 0.4) is 0 Å². The number of nitriles is 1. The van der Waals surface area contributed by atoms with E-state index in [4.69, 9.17) is 0 Å². The Bertz CT molecular complexity index is 857. The number of benzene rings is 1. The summed E-state index contributed by atoms with van der Waals surface area (Å²) < 4.78 is 26.5. The molecule has 0 saturated heterocycles. The number of carbonyl (C=O) groups excluding carboxylic acids is 1. The number of fused-ring (bicyclic) bond motifs is 1. The molecule has 7 heteroatoms. The molecule has 3 nitrogen and oxygen atoms in total.